The average Bonchev–Trinajstić information content (AvgIpc) is 3.13. The number of aliphatic hydroxyl groups excluding tert-OH is 1. The highest BCUT2D eigenvalue weighted by atomic mass is 16.3. The van der Waals surface area contributed by atoms with E-state index in [0.717, 1.165) is 40.7 Å². The number of aromatic nitrogens is 1. The lowest BCUT2D eigenvalue weighted by Crippen LogP contribution is -2.25. The molecule has 1 aromatic heterocycles. The van der Waals surface area contributed by atoms with E-state index in [0.29, 0.717) is 0 Å². The topological polar surface area (TPSA) is 71.2 Å². The lowest BCUT2D eigenvalue weighted by molar-refractivity contribution is 0.266. The van der Waals surface area contributed by atoms with E-state index >= 15 is 0 Å². The Morgan fingerprint density at radius 2 is 2.17 bits per heavy atom. The van der Waals surface area contributed by atoms with Crippen LogP contribution in [0.25, 0.3) is 10.8 Å². The van der Waals surface area contributed by atoms with Crippen LogP contribution in [0.2, 0.25) is 0 Å². The van der Waals surface area contributed by atoms with Gasteiger partial charge in [0.1, 0.15) is 0 Å². The molecule has 2 aromatic rings. The Hall–Kier alpha value is -1.81. The molecule has 0 spiro atoms. The molecular formula is C14H17N3O. The zero-order chi connectivity index (χ0) is 12.8. The highest BCUT2D eigenvalue weighted by molar-refractivity contribution is 6.01. The Morgan fingerprint density at radius 1 is 1.39 bits per heavy atom. The third kappa shape index (κ3) is 1.78. The molecule has 0 amide bonds. The van der Waals surface area contributed by atoms with Gasteiger partial charge in [-0.1, -0.05) is 0 Å². The van der Waals surface area contributed by atoms with Crippen molar-refractivity contribution < 1.29 is 5.11 Å². The highest BCUT2D eigenvalue weighted by Crippen LogP contribution is 2.40. The quantitative estimate of drug-likeness (QED) is 0.722. The third-order valence-electron chi connectivity index (χ3n) is 3.63. The van der Waals surface area contributed by atoms with E-state index in [-0.39, 0.29) is 12.1 Å². The van der Waals surface area contributed by atoms with Gasteiger partial charge in [-0.15, -0.1) is 0 Å². The van der Waals surface area contributed by atoms with Gasteiger partial charge in [0.05, 0.1) is 12.1 Å². The van der Waals surface area contributed by atoms with Crippen molar-refractivity contribution in [2.24, 2.45) is 0 Å². The molecule has 1 aliphatic rings. The Morgan fingerprint density at radius 3 is 2.83 bits per heavy atom. The molecule has 1 aliphatic carbocycles. The first-order valence-electron chi connectivity index (χ1n) is 6.17. The van der Waals surface area contributed by atoms with Gasteiger partial charge in [-0.3, -0.25) is 4.98 Å². The minimum atomic E-state index is -0.125. The van der Waals surface area contributed by atoms with Gasteiger partial charge in [-0.05, 0) is 38.0 Å². The number of aliphatic hydroxyl groups is 1. The van der Waals surface area contributed by atoms with E-state index in [1.165, 1.54) is 0 Å². The Bertz CT molecular complexity index is 605. The molecule has 4 nitrogen and oxygen atoms in total. The summed E-state index contributed by atoms with van der Waals surface area (Å²) in [7, 11) is 0. The van der Waals surface area contributed by atoms with Gasteiger partial charge < -0.3 is 16.2 Å². The van der Waals surface area contributed by atoms with Crippen molar-refractivity contribution in [2.45, 2.75) is 25.3 Å². The lowest BCUT2D eigenvalue weighted by Gasteiger charge is -2.18. The summed E-state index contributed by atoms with van der Waals surface area (Å²) in [5, 5.41) is 14.9. The van der Waals surface area contributed by atoms with Gasteiger partial charge in [0.15, 0.2) is 0 Å². The zero-order valence-corrected chi connectivity index (χ0v) is 10.4. The molecule has 18 heavy (non-hydrogen) atoms. The fraction of sp³-hybridized carbons (Fsp3) is 0.357. The molecule has 1 aromatic carbocycles. The van der Waals surface area contributed by atoms with Crippen LogP contribution < -0.4 is 11.1 Å². The maximum absolute atomic E-state index is 9.40. The van der Waals surface area contributed by atoms with Crippen LogP contribution in [-0.2, 0) is 0 Å². The van der Waals surface area contributed by atoms with Crippen LogP contribution in [0.3, 0.4) is 0 Å². The van der Waals surface area contributed by atoms with Crippen LogP contribution in [0.1, 0.15) is 18.5 Å². The standard InChI is InChI=1S/C14H17N3O/c1-9-6-10-11(7-16-9)12(15)2-3-13(10)17-14(8-18)4-5-14/h2-3,6-7,17-18H,4-5,8,15H2,1H3. The lowest BCUT2D eigenvalue weighted by atomic mass is 10.1. The van der Waals surface area contributed by atoms with Crippen molar-refractivity contribution >= 4 is 22.1 Å². The summed E-state index contributed by atoms with van der Waals surface area (Å²) in [5.41, 5.74) is 8.57. The van der Waals surface area contributed by atoms with Gasteiger partial charge in [-0.25, -0.2) is 0 Å². The van der Waals surface area contributed by atoms with Crippen molar-refractivity contribution in [3.63, 3.8) is 0 Å². The normalized spacial score (nSPS) is 16.8. The molecule has 1 saturated carbocycles. The van der Waals surface area contributed by atoms with E-state index in [2.05, 4.69) is 10.3 Å². The summed E-state index contributed by atoms with van der Waals surface area (Å²) < 4.78 is 0. The minimum Gasteiger partial charge on any atom is -0.398 e. The van der Waals surface area contributed by atoms with Crippen LogP contribution in [0.4, 0.5) is 11.4 Å². The fourth-order valence-corrected chi connectivity index (χ4v) is 2.23. The molecule has 94 valence electrons. The predicted octanol–water partition coefficient (Wildman–Crippen LogP) is 2.06. The fourth-order valence-electron chi connectivity index (χ4n) is 2.23. The van der Waals surface area contributed by atoms with Gasteiger partial charge in [0, 0.05) is 34.0 Å². The van der Waals surface area contributed by atoms with Crippen LogP contribution >= 0.6 is 0 Å². The second-order valence-corrected chi connectivity index (χ2v) is 5.14. The van der Waals surface area contributed by atoms with Gasteiger partial charge >= 0.3 is 0 Å². The first-order valence-corrected chi connectivity index (χ1v) is 6.17. The van der Waals surface area contributed by atoms with E-state index < -0.39 is 0 Å². The molecule has 4 heteroatoms. The second-order valence-electron chi connectivity index (χ2n) is 5.14. The van der Waals surface area contributed by atoms with Gasteiger partial charge in [0.25, 0.3) is 0 Å². The van der Waals surface area contributed by atoms with Crippen molar-refractivity contribution in [1.29, 1.82) is 0 Å². The number of rotatable bonds is 3. The summed E-state index contributed by atoms with van der Waals surface area (Å²) in [5.74, 6) is 0. The van der Waals surface area contributed by atoms with Crippen molar-refractivity contribution in [3.8, 4) is 0 Å². The monoisotopic (exact) mass is 243 g/mol. The molecule has 1 fully saturated rings. The number of hydrogen-bond acceptors (Lipinski definition) is 4. The molecule has 0 unspecified atom stereocenters. The maximum Gasteiger partial charge on any atom is 0.0661 e. The van der Waals surface area contributed by atoms with Crippen molar-refractivity contribution in [2.75, 3.05) is 17.7 Å². The van der Waals surface area contributed by atoms with Gasteiger partial charge in [-0.2, -0.15) is 0 Å². The van der Waals surface area contributed by atoms with Crippen molar-refractivity contribution in [1.82, 2.24) is 4.98 Å². The van der Waals surface area contributed by atoms with E-state index in [9.17, 15) is 5.11 Å². The smallest absolute Gasteiger partial charge is 0.0661 e. The first kappa shape index (κ1) is 11.3. The van der Waals surface area contributed by atoms with E-state index in [4.69, 9.17) is 5.73 Å². The number of nitrogens with zero attached hydrogens (tertiary/aromatic N) is 1. The van der Waals surface area contributed by atoms with E-state index in [1.54, 1.807) is 0 Å². The summed E-state index contributed by atoms with van der Waals surface area (Å²) >= 11 is 0. The number of aryl methyl sites for hydroxylation is 1. The number of benzene rings is 1. The van der Waals surface area contributed by atoms with Crippen LogP contribution in [0.5, 0.6) is 0 Å². The molecule has 0 bridgehead atoms. The minimum absolute atomic E-state index is 0.125. The van der Waals surface area contributed by atoms with Crippen molar-refractivity contribution in [3.05, 3.63) is 30.1 Å². The Kier molecular flexibility index (Phi) is 2.41. The largest absolute Gasteiger partial charge is 0.398 e. The van der Waals surface area contributed by atoms with Crippen LogP contribution in [-0.4, -0.2) is 22.2 Å². The van der Waals surface area contributed by atoms with E-state index in [1.807, 2.05) is 31.3 Å². The van der Waals surface area contributed by atoms with Crippen LogP contribution in [0, 0.1) is 6.92 Å². The summed E-state index contributed by atoms with van der Waals surface area (Å²) in [6.07, 6.45) is 3.84. The number of pyridine rings is 1. The molecule has 0 atom stereocenters. The second kappa shape index (κ2) is 3.85. The molecule has 0 aliphatic heterocycles. The molecule has 3 rings (SSSR count). The molecule has 1 heterocycles. The average molecular weight is 243 g/mol. The number of fused-ring (bicyclic) bond motifs is 1. The SMILES string of the molecule is Cc1cc2c(NC3(CO)CC3)ccc(N)c2cn1. The summed E-state index contributed by atoms with van der Waals surface area (Å²) in [6.45, 7) is 2.13. The number of nitrogens with one attached hydrogen (secondary N) is 1. The molecule has 0 radical (unpaired) electrons. The Labute approximate surface area is 106 Å². The van der Waals surface area contributed by atoms with Crippen LogP contribution in [0.15, 0.2) is 24.4 Å². The first-order chi connectivity index (χ1) is 8.63. The Balaban J connectivity index is 2.11. The molecular weight excluding hydrogens is 226 g/mol. The summed E-state index contributed by atoms with van der Waals surface area (Å²) in [4.78, 5) is 4.28. The highest BCUT2D eigenvalue weighted by Gasteiger charge is 2.42. The third-order valence-corrected chi connectivity index (χ3v) is 3.63. The molecule has 4 N–H and O–H groups in total. The maximum atomic E-state index is 9.40. The number of anilines is 2. The summed E-state index contributed by atoms with van der Waals surface area (Å²) in [6, 6.07) is 5.89. The molecule has 0 saturated heterocycles. The predicted molar refractivity (Wildman–Crippen MR) is 73.6 cm³/mol. The number of hydrogen-bond donors (Lipinski definition) is 3. The number of nitrogen functional groups attached to an aromatic ring is 1. The number of nitrogens with two attached hydrogens (primary N) is 1. The zero-order valence-electron chi connectivity index (χ0n) is 10.4. The van der Waals surface area contributed by atoms with Gasteiger partial charge in [0.2, 0.25) is 0 Å².